The second-order valence-corrected chi connectivity index (χ2v) is 38.0. The van der Waals surface area contributed by atoms with Crippen LogP contribution in [0.3, 0.4) is 0 Å². The van der Waals surface area contributed by atoms with Gasteiger partial charge in [-0.25, -0.2) is 15.0 Å². The van der Waals surface area contributed by atoms with E-state index < -0.39 is 47.5 Å². The van der Waals surface area contributed by atoms with E-state index in [0.29, 0.717) is 0 Å². The van der Waals surface area contributed by atoms with Gasteiger partial charge in [-0.15, -0.1) is 69.6 Å². The van der Waals surface area contributed by atoms with Crippen molar-refractivity contribution in [2.75, 3.05) is 16.0 Å². The minimum absolute atomic E-state index is 0. The molecule has 0 saturated heterocycles. The molecule has 0 spiro atoms. The van der Waals surface area contributed by atoms with Crippen LogP contribution in [-0.4, -0.2) is 31.0 Å². The quantitative estimate of drug-likeness (QED) is 0.0402. The summed E-state index contributed by atoms with van der Waals surface area (Å²) in [6, 6.07) is 144. The van der Waals surface area contributed by atoms with Crippen molar-refractivity contribution in [3.05, 3.63) is 453 Å². The number of halogens is 8. The smallest absolute Gasteiger partial charge is 1.00 e. The van der Waals surface area contributed by atoms with Crippen molar-refractivity contribution in [1.82, 2.24) is 15.0 Å². The Morgan fingerprint density at radius 1 is 0.157 bits per heavy atom. The molecule has 3 aromatic heterocycles. The van der Waals surface area contributed by atoms with E-state index in [4.69, 9.17) is 84.6 Å². The standard InChI is InChI=1S/3C33H23NP2.3CH2Cl2.2Cu.2HI/c3*1-5-16-30(17-6-1)35(31-18-7-2-8-19-31)26-24-28-14-13-15-29(34-28)25-27-36(32-20-9-3-10-21-32)33-22-11-4-12-23-33;3*2-1-3;;;;/h3*1-23H;3*1H2;;;2*1H/q;;;;;;2*+1;;/p-2. The minimum atomic E-state index is -0.797. The van der Waals surface area contributed by atoms with E-state index in [1.807, 2.05) is 127 Å². The monoisotopic (exact) mass is 2120 g/mol. The molecule has 0 saturated carbocycles. The van der Waals surface area contributed by atoms with E-state index >= 15 is 0 Å². The topological polar surface area (TPSA) is 38.7 Å². The largest absolute Gasteiger partial charge is 1.00 e. The molecule has 15 aromatic rings. The average Bonchev–Trinajstić information content (AvgIpc) is 0.866. The van der Waals surface area contributed by atoms with Crippen LogP contribution in [0.15, 0.2) is 419 Å². The van der Waals surface area contributed by atoms with E-state index in [-0.39, 0.29) is 98.1 Å². The van der Waals surface area contributed by atoms with E-state index in [2.05, 4.69) is 361 Å². The van der Waals surface area contributed by atoms with Crippen LogP contribution in [0.4, 0.5) is 0 Å². The van der Waals surface area contributed by atoms with Crippen LogP contribution in [0.1, 0.15) is 34.2 Å². The zero-order valence-corrected chi connectivity index (χ0v) is 80.7. The molecule has 0 atom stereocenters. The third-order valence-electron chi connectivity index (χ3n) is 16.2. The molecule has 121 heavy (non-hydrogen) atoms. The van der Waals surface area contributed by atoms with Crippen molar-refractivity contribution in [2.24, 2.45) is 0 Å². The molecule has 12 aromatic carbocycles. The third kappa shape index (κ3) is 35.4. The number of hydrogen-bond acceptors (Lipinski definition) is 3. The van der Waals surface area contributed by atoms with Crippen LogP contribution < -0.4 is 112 Å². The molecule has 19 heteroatoms. The first-order chi connectivity index (χ1) is 57.8. The van der Waals surface area contributed by atoms with Crippen LogP contribution in [0.2, 0.25) is 0 Å². The Morgan fingerprint density at radius 3 is 0.339 bits per heavy atom. The van der Waals surface area contributed by atoms with Gasteiger partial charge < -0.3 is 48.0 Å². The minimum Gasteiger partial charge on any atom is -1.00 e. The normalized spacial score (nSPS) is 9.62. The summed E-state index contributed by atoms with van der Waals surface area (Å²) in [5.41, 5.74) is 25.6. The number of pyridine rings is 3. The first-order valence-electron chi connectivity index (χ1n) is 36.6. The maximum absolute atomic E-state index is 4.76. The van der Waals surface area contributed by atoms with Crippen LogP contribution in [0.25, 0.3) is 0 Å². The van der Waals surface area contributed by atoms with Crippen molar-refractivity contribution in [3.63, 3.8) is 0 Å². The molecule has 606 valence electrons. The summed E-state index contributed by atoms with van der Waals surface area (Å²) >= 11 is 28.6. The van der Waals surface area contributed by atoms with Crippen molar-refractivity contribution < 1.29 is 82.1 Å². The average molecular weight is 2120 g/mol. The Labute approximate surface area is 807 Å². The Morgan fingerprint density at radius 2 is 0.248 bits per heavy atom. The summed E-state index contributed by atoms with van der Waals surface area (Å²) < 4.78 is 0. The molecule has 3 heterocycles. The van der Waals surface area contributed by atoms with Gasteiger partial charge in [0.25, 0.3) is 0 Å². The fourth-order valence-corrected chi connectivity index (χ4v) is 21.3. The predicted molar refractivity (Wildman–Crippen MR) is 518 cm³/mol. The van der Waals surface area contributed by atoms with Gasteiger partial charge in [0.05, 0.1) is 16.0 Å². The summed E-state index contributed by atoms with van der Waals surface area (Å²) in [5, 5.41) is 15.4. The van der Waals surface area contributed by atoms with E-state index in [1.165, 1.54) is 63.7 Å². The predicted octanol–water partition coefficient (Wildman–Crippen LogP) is 16.2. The molecule has 0 unspecified atom stereocenters. The molecule has 0 aliphatic carbocycles. The van der Waals surface area contributed by atoms with Gasteiger partial charge in [-0.05, 0) is 136 Å². The zero-order valence-electron chi connectivity index (χ0n) is 64.6. The first kappa shape index (κ1) is 102. The SMILES string of the molecule is C(#CP(c1ccccc1)c1ccccc1)c1cccc(C#CP(c2ccccc2)c2ccccc2)n1.C(#CP(c1ccccc1)c1ccccc1)c1cccc(C#CP(c2ccccc2)c2ccccc2)n1.C(#CP(c1ccccc1)c1ccccc1)c1cccc(C#CP(c2ccccc2)c2ccccc2)n1.ClCCl.ClCCl.ClCCl.[Cu+].[Cu+].[I-].[I-]. The summed E-state index contributed by atoms with van der Waals surface area (Å²) in [7, 11) is -4.78. The van der Waals surface area contributed by atoms with Gasteiger partial charge in [0.1, 0.15) is 34.2 Å². The van der Waals surface area contributed by atoms with Crippen LogP contribution >= 0.6 is 117 Å². The molecule has 0 aliphatic heterocycles. The summed E-state index contributed by atoms with van der Waals surface area (Å²) in [6.07, 6.45) is 0. The Bertz CT molecular complexity index is 4690. The van der Waals surface area contributed by atoms with Gasteiger partial charge in [-0.1, -0.05) is 416 Å². The number of nitrogens with zero attached hydrogens (tertiary/aromatic N) is 3. The molecule has 0 amide bonds. The van der Waals surface area contributed by atoms with Gasteiger partial charge >= 0.3 is 34.1 Å². The van der Waals surface area contributed by atoms with E-state index in [9.17, 15) is 0 Å². The van der Waals surface area contributed by atoms with Gasteiger partial charge in [0, 0.05) is 47.5 Å². The van der Waals surface area contributed by atoms with Crippen molar-refractivity contribution in [3.8, 4) is 69.5 Å². The van der Waals surface area contributed by atoms with E-state index in [0.717, 1.165) is 34.2 Å². The van der Waals surface area contributed by atoms with Gasteiger partial charge in [-0.2, -0.15) is 0 Å². The van der Waals surface area contributed by atoms with E-state index in [1.54, 1.807) is 0 Å². The van der Waals surface area contributed by atoms with Crippen molar-refractivity contribution in [1.29, 1.82) is 0 Å². The molecule has 0 bridgehead atoms. The summed E-state index contributed by atoms with van der Waals surface area (Å²) in [5.74, 6) is 20.0. The number of alkyl halides is 6. The Balaban J connectivity index is 0.000000263. The molecule has 0 N–H and O–H groups in total. The molecule has 15 rings (SSSR count). The fourth-order valence-electron chi connectivity index (χ4n) is 11.0. The molecule has 3 nitrogen and oxygen atoms in total. The van der Waals surface area contributed by atoms with Crippen LogP contribution in [0.5, 0.6) is 0 Å². The molecular weight excluding hydrogens is 2050 g/mol. The summed E-state index contributed by atoms with van der Waals surface area (Å²) in [4.78, 5) is 14.3. The van der Waals surface area contributed by atoms with Gasteiger partial charge in [0.2, 0.25) is 0 Å². The number of aromatic nitrogens is 3. The maximum atomic E-state index is 4.76. The molecule has 0 aliphatic rings. The number of hydrogen-bond donors (Lipinski definition) is 0. The molecule has 0 fully saturated rings. The Hall–Kier alpha value is -7.73. The first-order valence-corrected chi connectivity index (χ1v) is 47.9. The van der Waals surface area contributed by atoms with Crippen LogP contribution in [-0.2, 0) is 34.1 Å². The third-order valence-corrected chi connectivity index (χ3v) is 28.0. The Kier molecular flexibility index (Phi) is 51.2. The molecular formula is C102H75Cl6Cu2I2N3P6. The fraction of sp³-hybridized carbons (Fsp3) is 0.0294. The summed E-state index contributed by atoms with van der Waals surface area (Å²) in [6.45, 7) is 0. The van der Waals surface area contributed by atoms with Crippen molar-refractivity contribution >= 4 is 181 Å². The molecule has 0 radical (unpaired) electrons. The second kappa shape index (κ2) is 60.7. The second-order valence-electron chi connectivity index (χ2n) is 24.0. The van der Waals surface area contributed by atoms with Gasteiger partial charge in [-0.3, -0.25) is 0 Å². The maximum Gasteiger partial charge on any atom is 1.00 e. The number of rotatable bonds is 12. The van der Waals surface area contributed by atoms with Crippen molar-refractivity contribution in [2.45, 2.75) is 0 Å². The van der Waals surface area contributed by atoms with Crippen LogP contribution in [0, 0.1) is 69.5 Å². The zero-order chi connectivity index (χ0) is 81.4. The number of benzene rings is 12. The van der Waals surface area contributed by atoms with Gasteiger partial charge in [0.15, 0.2) is 0 Å².